The smallest absolute Gasteiger partial charge is 0.248 e. The van der Waals surface area contributed by atoms with Gasteiger partial charge >= 0.3 is 0 Å². The lowest BCUT2D eigenvalue weighted by atomic mass is 9.86. The van der Waals surface area contributed by atoms with Crippen LogP contribution in [0.5, 0.6) is 11.6 Å². The van der Waals surface area contributed by atoms with Gasteiger partial charge in [0, 0.05) is 18.1 Å². The van der Waals surface area contributed by atoms with Crippen molar-refractivity contribution in [3.05, 3.63) is 48.2 Å². The Kier molecular flexibility index (Phi) is 4.79. The van der Waals surface area contributed by atoms with Crippen LogP contribution in [0.3, 0.4) is 0 Å². The number of aromatic nitrogens is 1. The average Bonchev–Trinajstić information content (AvgIpc) is 3.26. The van der Waals surface area contributed by atoms with E-state index in [1.165, 1.54) is 25.7 Å². The third kappa shape index (κ3) is 4.10. The number of carbonyl (C=O) groups excluding carboxylic acids is 2. The van der Waals surface area contributed by atoms with Gasteiger partial charge in [-0.3, -0.25) is 9.59 Å². The Morgan fingerprint density at radius 3 is 2.74 bits per heavy atom. The second-order valence-electron chi connectivity index (χ2n) is 7.57. The molecule has 1 aromatic heterocycles. The largest absolute Gasteiger partial charge is 0.439 e. The molecule has 2 amide bonds. The summed E-state index contributed by atoms with van der Waals surface area (Å²) in [4.78, 5) is 27.8. The van der Waals surface area contributed by atoms with Crippen LogP contribution in [0.25, 0.3) is 0 Å². The van der Waals surface area contributed by atoms with E-state index in [1.54, 1.807) is 42.6 Å². The molecule has 2 aliphatic carbocycles. The molecule has 6 nitrogen and oxygen atoms in total. The van der Waals surface area contributed by atoms with Crippen molar-refractivity contribution in [2.75, 3.05) is 5.32 Å². The number of nitrogens with two attached hydrogens (primary N) is 1. The van der Waals surface area contributed by atoms with E-state index in [2.05, 4.69) is 10.3 Å². The summed E-state index contributed by atoms with van der Waals surface area (Å²) in [6.07, 6.45) is 7.31. The molecule has 2 saturated carbocycles. The minimum atomic E-state index is -0.512. The molecular formula is C21H23N3O3. The summed E-state index contributed by atoms with van der Waals surface area (Å²) in [6.45, 7) is 0. The molecule has 2 aromatic rings. The third-order valence-corrected chi connectivity index (χ3v) is 5.69. The maximum atomic E-state index is 12.3. The number of benzene rings is 1. The molecule has 2 aliphatic rings. The molecule has 140 valence electrons. The Labute approximate surface area is 158 Å². The van der Waals surface area contributed by atoms with Gasteiger partial charge in [-0.25, -0.2) is 4.98 Å². The second-order valence-corrected chi connectivity index (χ2v) is 7.57. The molecule has 27 heavy (non-hydrogen) atoms. The minimum absolute atomic E-state index is 0.0529. The molecule has 0 radical (unpaired) electrons. The molecule has 4 rings (SSSR count). The number of anilines is 1. The topological polar surface area (TPSA) is 94.3 Å². The zero-order chi connectivity index (χ0) is 18.8. The number of rotatable bonds is 6. The van der Waals surface area contributed by atoms with Gasteiger partial charge in [0.05, 0.1) is 11.9 Å². The monoisotopic (exact) mass is 365 g/mol. The SMILES string of the molecule is NC(=O)c1cccc(Oc2ccc(NC(=O)C[C@H]3C[C@H]4CC[C@H]3C4)cn2)c1. The van der Waals surface area contributed by atoms with Gasteiger partial charge in [-0.05, 0) is 61.3 Å². The Balaban J connectivity index is 1.32. The molecule has 1 aromatic carbocycles. The second kappa shape index (κ2) is 7.39. The Hall–Kier alpha value is -2.89. The van der Waals surface area contributed by atoms with Crippen molar-refractivity contribution in [3.8, 4) is 11.6 Å². The molecule has 3 atom stereocenters. The van der Waals surface area contributed by atoms with Crippen LogP contribution in [0, 0.1) is 17.8 Å². The lowest BCUT2D eigenvalue weighted by Crippen LogP contribution is -2.20. The summed E-state index contributed by atoms with van der Waals surface area (Å²) in [5.41, 5.74) is 6.30. The fourth-order valence-corrected chi connectivity index (χ4v) is 4.42. The van der Waals surface area contributed by atoms with Gasteiger partial charge in [-0.15, -0.1) is 0 Å². The fraction of sp³-hybridized carbons (Fsp3) is 0.381. The molecule has 2 fully saturated rings. The number of ether oxygens (including phenoxy) is 1. The molecule has 0 saturated heterocycles. The standard InChI is InChI=1S/C21H23N3O3/c22-21(26)15-2-1-3-18(10-15)27-20-7-6-17(12-23-20)24-19(25)11-16-9-13-4-5-14(16)8-13/h1-3,6-7,10,12-14,16H,4-5,8-9,11H2,(H2,22,26)(H,24,25)/t13-,14-,16+/m0/s1. The predicted octanol–water partition coefficient (Wildman–Crippen LogP) is 3.74. The molecule has 2 bridgehead atoms. The van der Waals surface area contributed by atoms with Gasteiger partial charge in [0.15, 0.2) is 0 Å². The number of hydrogen-bond donors (Lipinski definition) is 2. The maximum absolute atomic E-state index is 12.3. The third-order valence-electron chi connectivity index (χ3n) is 5.69. The first kappa shape index (κ1) is 17.5. The van der Waals surface area contributed by atoms with Crippen LogP contribution >= 0.6 is 0 Å². The van der Waals surface area contributed by atoms with Crippen LogP contribution in [-0.4, -0.2) is 16.8 Å². The van der Waals surface area contributed by atoms with Crippen molar-refractivity contribution >= 4 is 17.5 Å². The van der Waals surface area contributed by atoms with Gasteiger partial charge in [-0.1, -0.05) is 12.5 Å². The Morgan fingerprint density at radius 1 is 1.19 bits per heavy atom. The quantitative estimate of drug-likeness (QED) is 0.815. The van der Waals surface area contributed by atoms with Crippen molar-refractivity contribution in [1.82, 2.24) is 4.98 Å². The molecule has 6 heteroatoms. The van der Waals surface area contributed by atoms with Crippen molar-refractivity contribution in [1.29, 1.82) is 0 Å². The van der Waals surface area contributed by atoms with Crippen molar-refractivity contribution in [2.24, 2.45) is 23.5 Å². The number of hydrogen-bond acceptors (Lipinski definition) is 4. The number of primary amides is 1. The summed E-state index contributed by atoms with van der Waals surface area (Å²) in [6, 6.07) is 10.0. The lowest BCUT2D eigenvalue weighted by Gasteiger charge is -2.20. The summed E-state index contributed by atoms with van der Waals surface area (Å²) >= 11 is 0. The molecule has 0 aliphatic heterocycles. The van der Waals surface area contributed by atoms with Gasteiger partial charge in [0.25, 0.3) is 0 Å². The Morgan fingerprint density at radius 2 is 2.07 bits per heavy atom. The number of pyridine rings is 1. The van der Waals surface area contributed by atoms with Crippen molar-refractivity contribution in [3.63, 3.8) is 0 Å². The highest BCUT2D eigenvalue weighted by atomic mass is 16.5. The van der Waals surface area contributed by atoms with E-state index >= 15 is 0 Å². The first-order valence-electron chi connectivity index (χ1n) is 9.40. The zero-order valence-electron chi connectivity index (χ0n) is 15.1. The number of nitrogens with one attached hydrogen (secondary N) is 1. The predicted molar refractivity (Wildman–Crippen MR) is 101 cm³/mol. The van der Waals surface area contributed by atoms with Crippen LogP contribution in [0.15, 0.2) is 42.6 Å². The van der Waals surface area contributed by atoms with E-state index in [0.29, 0.717) is 35.2 Å². The van der Waals surface area contributed by atoms with Crippen molar-refractivity contribution in [2.45, 2.75) is 32.1 Å². The van der Waals surface area contributed by atoms with Crippen LogP contribution in [-0.2, 0) is 4.79 Å². The summed E-state index contributed by atoms with van der Waals surface area (Å²) in [7, 11) is 0. The highest BCUT2D eigenvalue weighted by Crippen LogP contribution is 2.49. The first-order chi connectivity index (χ1) is 13.1. The highest BCUT2D eigenvalue weighted by molar-refractivity contribution is 5.93. The van der Waals surface area contributed by atoms with E-state index in [0.717, 1.165) is 11.8 Å². The number of amides is 2. The van der Waals surface area contributed by atoms with Gasteiger partial charge in [0.2, 0.25) is 17.7 Å². The Bertz CT molecular complexity index is 850. The lowest BCUT2D eigenvalue weighted by molar-refractivity contribution is -0.117. The normalized spacial score (nSPS) is 23.2. The molecule has 3 N–H and O–H groups in total. The van der Waals surface area contributed by atoms with Gasteiger partial charge in [0.1, 0.15) is 5.75 Å². The fourth-order valence-electron chi connectivity index (χ4n) is 4.42. The van der Waals surface area contributed by atoms with E-state index < -0.39 is 5.91 Å². The number of carbonyl (C=O) groups is 2. The van der Waals surface area contributed by atoms with Gasteiger partial charge in [-0.2, -0.15) is 0 Å². The molecule has 0 spiro atoms. The zero-order valence-corrected chi connectivity index (χ0v) is 15.1. The number of fused-ring (bicyclic) bond motifs is 2. The summed E-state index contributed by atoms with van der Waals surface area (Å²) in [5, 5.41) is 2.93. The minimum Gasteiger partial charge on any atom is -0.439 e. The average molecular weight is 365 g/mol. The molecule has 1 heterocycles. The van der Waals surface area contributed by atoms with E-state index in [-0.39, 0.29) is 5.91 Å². The molecule has 0 unspecified atom stereocenters. The van der Waals surface area contributed by atoms with E-state index in [1.807, 2.05) is 0 Å². The van der Waals surface area contributed by atoms with Crippen LogP contribution < -0.4 is 15.8 Å². The van der Waals surface area contributed by atoms with Crippen LogP contribution in [0.2, 0.25) is 0 Å². The van der Waals surface area contributed by atoms with Gasteiger partial charge < -0.3 is 15.8 Å². The van der Waals surface area contributed by atoms with Crippen molar-refractivity contribution < 1.29 is 14.3 Å². The molecular weight excluding hydrogens is 342 g/mol. The van der Waals surface area contributed by atoms with E-state index in [4.69, 9.17) is 10.5 Å². The number of nitrogens with zero attached hydrogens (tertiary/aromatic N) is 1. The highest BCUT2D eigenvalue weighted by Gasteiger charge is 2.40. The summed E-state index contributed by atoms with van der Waals surface area (Å²) < 4.78 is 5.64. The van der Waals surface area contributed by atoms with E-state index in [9.17, 15) is 9.59 Å². The van der Waals surface area contributed by atoms with Crippen LogP contribution in [0.1, 0.15) is 42.5 Å². The summed E-state index contributed by atoms with van der Waals surface area (Å²) in [5.74, 6) is 2.52. The first-order valence-corrected chi connectivity index (χ1v) is 9.40. The maximum Gasteiger partial charge on any atom is 0.248 e. The van der Waals surface area contributed by atoms with Crippen LogP contribution in [0.4, 0.5) is 5.69 Å².